The van der Waals surface area contributed by atoms with Crippen LogP contribution in [0.25, 0.3) is 11.3 Å². The Balaban J connectivity index is 1.83. The molecule has 0 aliphatic carbocycles. The minimum Gasteiger partial charge on any atom is -0.326 e. The fraction of sp³-hybridized carbons (Fsp3) is 0.250. The van der Waals surface area contributed by atoms with E-state index in [2.05, 4.69) is 15.7 Å². The Bertz CT molecular complexity index is 1180. The molecule has 0 fully saturated rings. The zero-order valence-electron chi connectivity index (χ0n) is 18.2. The van der Waals surface area contributed by atoms with Gasteiger partial charge in [0.1, 0.15) is 6.54 Å². The zero-order chi connectivity index (χ0) is 22.5. The lowest BCUT2D eigenvalue weighted by molar-refractivity contribution is -0.117. The van der Waals surface area contributed by atoms with Gasteiger partial charge in [-0.1, -0.05) is 25.1 Å². The van der Waals surface area contributed by atoms with E-state index in [9.17, 15) is 14.4 Å². The summed E-state index contributed by atoms with van der Waals surface area (Å²) in [4.78, 5) is 36.5. The molecule has 7 heteroatoms. The lowest BCUT2D eigenvalue weighted by Gasteiger charge is -2.12. The minimum absolute atomic E-state index is 0.0822. The predicted octanol–water partition coefficient (Wildman–Crippen LogP) is 3.82. The first-order valence-corrected chi connectivity index (χ1v) is 10.1. The van der Waals surface area contributed by atoms with Gasteiger partial charge in [-0.3, -0.25) is 14.4 Å². The molecule has 0 saturated heterocycles. The Kier molecular flexibility index (Phi) is 6.65. The zero-order valence-corrected chi connectivity index (χ0v) is 18.2. The summed E-state index contributed by atoms with van der Waals surface area (Å²) in [5.41, 5.74) is 5.28. The number of carbonyl (C=O) groups excluding carboxylic acids is 2. The number of rotatable bonds is 6. The SMILES string of the molecule is CCC(=O)Nc1cc(-c2ccc(=O)n(CC(=O)Nc3cc(C)cc(C)c3)n2)ccc1C. The number of carbonyl (C=O) groups is 2. The third-order valence-electron chi connectivity index (χ3n) is 4.79. The summed E-state index contributed by atoms with van der Waals surface area (Å²) in [7, 11) is 0. The lowest BCUT2D eigenvalue weighted by Crippen LogP contribution is -2.29. The minimum atomic E-state index is -0.369. The predicted molar refractivity (Wildman–Crippen MR) is 122 cm³/mol. The summed E-state index contributed by atoms with van der Waals surface area (Å²) in [5, 5.41) is 10.0. The average molecular weight is 418 g/mol. The van der Waals surface area contributed by atoms with Gasteiger partial charge in [-0.25, -0.2) is 4.68 Å². The average Bonchev–Trinajstić information content (AvgIpc) is 2.70. The number of aromatic nitrogens is 2. The molecule has 2 amide bonds. The molecule has 0 unspecified atom stereocenters. The van der Waals surface area contributed by atoms with Gasteiger partial charge in [0, 0.05) is 29.4 Å². The molecule has 1 aromatic heterocycles. The highest BCUT2D eigenvalue weighted by molar-refractivity contribution is 5.92. The Morgan fingerprint density at radius 1 is 0.903 bits per heavy atom. The Morgan fingerprint density at radius 3 is 2.29 bits per heavy atom. The fourth-order valence-corrected chi connectivity index (χ4v) is 3.25. The van der Waals surface area contributed by atoms with Crippen LogP contribution >= 0.6 is 0 Å². The molecule has 0 saturated carbocycles. The van der Waals surface area contributed by atoms with Gasteiger partial charge in [-0.2, -0.15) is 5.10 Å². The number of benzene rings is 2. The van der Waals surface area contributed by atoms with Crippen LogP contribution < -0.4 is 16.2 Å². The number of anilines is 2. The quantitative estimate of drug-likeness (QED) is 0.636. The Morgan fingerprint density at radius 2 is 1.61 bits per heavy atom. The van der Waals surface area contributed by atoms with Crippen molar-refractivity contribution in [1.82, 2.24) is 9.78 Å². The summed E-state index contributed by atoms with van der Waals surface area (Å²) in [6.45, 7) is 7.40. The van der Waals surface area contributed by atoms with E-state index in [1.807, 2.05) is 57.2 Å². The van der Waals surface area contributed by atoms with Gasteiger partial charge in [0.2, 0.25) is 11.8 Å². The first kappa shape index (κ1) is 22.0. The summed E-state index contributed by atoms with van der Waals surface area (Å²) in [6.07, 6.45) is 0.377. The van der Waals surface area contributed by atoms with Crippen molar-refractivity contribution in [2.75, 3.05) is 10.6 Å². The number of hydrogen-bond donors (Lipinski definition) is 2. The molecule has 0 aliphatic rings. The van der Waals surface area contributed by atoms with Crippen LogP contribution in [-0.4, -0.2) is 21.6 Å². The molecule has 160 valence electrons. The molecule has 7 nitrogen and oxygen atoms in total. The van der Waals surface area contributed by atoms with Crippen LogP contribution in [0.2, 0.25) is 0 Å². The van der Waals surface area contributed by atoms with Gasteiger partial charge < -0.3 is 10.6 Å². The molecular formula is C24H26N4O3. The van der Waals surface area contributed by atoms with E-state index in [0.29, 0.717) is 23.5 Å². The molecule has 0 aliphatic heterocycles. The van der Waals surface area contributed by atoms with Crippen molar-refractivity contribution in [1.29, 1.82) is 0 Å². The summed E-state index contributed by atoms with van der Waals surface area (Å²) in [6, 6.07) is 14.3. The van der Waals surface area contributed by atoms with Crippen LogP contribution in [0.1, 0.15) is 30.0 Å². The lowest BCUT2D eigenvalue weighted by atomic mass is 10.1. The maximum absolute atomic E-state index is 12.5. The van der Waals surface area contributed by atoms with Crippen molar-refractivity contribution in [3.63, 3.8) is 0 Å². The molecule has 2 aromatic carbocycles. The Hall–Kier alpha value is -3.74. The van der Waals surface area contributed by atoms with E-state index in [-0.39, 0.29) is 23.9 Å². The number of amides is 2. The largest absolute Gasteiger partial charge is 0.326 e. The molecule has 1 heterocycles. The van der Waals surface area contributed by atoms with Crippen LogP contribution in [0, 0.1) is 20.8 Å². The van der Waals surface area contributed by atoms with Crippen molar-refractivity contribution in [3.05, 3.63) is 75.6 Å². The number of nitrogens with zero attached hydrogens (tertiary/aromatic N) is 2. The smallest absolute Gasteiger partial charge is 0.267 e. The van der Waals surface area contributed by atoms with E-state index < -0.39 is 0 Å². The molecule has 3 aromatic rings. The normalized spacial score (nSPS) is 10.6. The number of nitrogens with one attached hydrogen (secondary N) is 2. The van der Waals surface area contributed by atoms with Gasteiger partial charge >= 0.3 is 0 Å². The third-order valence-corrected chi connectivity index (χ3v) is 4.79. The van der Waals surface area contributed by atoms with Crippen molar-refractivity contribution in [2.24, 2.45) is 0 Å². The van der Waals surface area contributed by atoms with Crippen LogP contribution in [0.3, 0.4) is 0 Å². The van der Waals surface area contributed by atoms with E-state index in [4.69, 9.17) is 0 Å². The van der Waals surface area contributed by atoms with Gasteiger partial charge in [0.15, 0.2) is 0 Å². The second kappa shape index (κ2) is 9.38. The first-order chi connectivity index (χ1) is 14.7. The van der Waals surface area contributed by atoms with Crippen LogP contribution in [0.4, 0.5) is 11.4 Å². The second-order valence-corrected chi connectivity index (χ2v) is 7.57. The molecule has 0 radical (unpaired) electrons. The standard InChI is InChI=1S/C24H26N4O3/c1-5-22(29)26-21-13-18(7-6-17(21)4)20-8-9-24(31)28(27-20)14-23(30)25-19-11-15(2)10-16(3)12-19/h6-13H,5,14H2,1-4H3,(H,25,30)(H,26,29). The topological polar surface area (TPSA) is 93.1 Å². The molecule has 31 heavy (non-hydrogen) atoms. The Labute approximate surface area is 181 Å². The van der Waals surface area contributed by atoms with E-state index in [1.165, 1.54) is 6.07 Å². The summed E-state index contributed by atoms with van der Waals surface area (Å²) >= 11 is 0. The number of aryl methyl sites for hydroxylation is 3. The molecule has 0 spiro atoms. The van der Waals surface area contributed by atoms with E-state index >= 15 is 0 Å². The monoisotopic (exact) mass is 418 g/mol. The van der Waals surface area contributed by atoms with E-state index in [1.54, 1.807) is 13.0 Å². The molecule has 2 N–H and O–H groups in total. The first-order valence-electron chi connectivity index (χ1n) is 10.1. The highest BCUT2D eigenvalue weighted by Crippen LogP contribution is 2.24. The van der Waals surface area contributed by atoms with E-state index in [0.717, 1.165) is 26.9 Å². The van der Waals surface area contributed by atoms with Crippen molar-refractivity contribution >= 4 is 23.2 Å². The van der Waals surface area contributed by atoms with Crippen LogP contribution in [0.15, 0.2) is 53.3 Å². The molecule has 0 atom stereocenters. The third kappa shape index (κ3) is 5.66. The van der Waals surface area contributed by atoms with Crippen LogP contribution in [-0.2, 0) is 16.1 Å². The van der Waals surface area contributed by atoms with Gasteiger partial charge in [-0.05, 0) is 61.7 Å². The maximum Gasteiger partial charge on any atom is 0.267 e. The molecular weight excluding hydrogens is 392 g/mol. The van der Waals surface area contributed by atoms with Gasteiger partial charge in [-0.15, -0.1) is 0 Å². The van der Waals surface area contributed by atoms with Crippen molar-refractivity contribution < 1.29 is 9.59 Å². The summed E-state index contributed by atoms with van der Waals surface area (Å²) < 4.78 is 1.14. The molecule has 0 bridgehead atoms. The molecule has 3 rings (SSSR count). The fourth-order valence-electron chi connectivity index (χ4n) is 3.25. The second-order valence-electron chi connectivity index (χ2n) is 7.57. The highest BCUT2D eigenvalue weighted by atomic mass is 16.2. The highest BCUT2D eigenvalue weighted by Gasteiger charge is 2.11. The summed E-state index contributed by atoms with van der Waals surface area (Å²) in [5.74, 6) is -0.419. The number of hydrogen-bond acceptors (Lipinski definition) is 4. The van der Waals surface area contributed by atoms with Crippen molar-refractivity contribution in [2.45, 2.75) is 40.7 Å². The van der Waals surface area contributed by atoms with Gasteiger partial charge in [0.05, 0.1) is 5.69 Å². The van der Waals surface area contributed by atoms with Crippen molar-refractivity contribution in [3.8, 4) is 11.3 Å². The van der Waals surface area contributed by atoms with Crippen LogP contribution in [0.5, 0.6) is 0 Å². The van der Waals surface area contributed by atoms with Gasteiger partial charge in [0.25, 0.3) is 5.56 Å². The maximum atomic E-state index is 12.5.